The van der Waals surface area contributed by atoms with Gasteiger partial charge in [0.05, 0.1) is 5.56 Å². The molecule has 2 N–H and O–H groups in total. The van der Waals surface area contributed by atoms with Crippen LogP contribution in [-0.2, 0) is 11.6 Å². The summed E-state index contributed by atoms with van der Waals surface area (Å²) in [4.78, 5) is 19.1. The predicted octanol–water partition coefficient (Wildman–Crippen LogP) is 4.61. The lowest BCUT2D eigenvalue weighted by Gasteiger charge is -2.32. The lowest BCUT2D eigenvalue weighted by molar-refractivity contribution is -0.184. The highest BCUT2D eigenvalue weighted by Gasteiger charge is 2.59. The number of nitrogens with zero attached hydrogens (tertiary/aromatic N) is 3. The summed E-state index contributed by atoms with van der Waals surface area (Å²) < 4.78 is 82.0. The van der Waals surface area contributed by atoms with Crippen molar-refractivity contribution < 1.29 is 31.1 Å². The highest BCUT2D eigenvalue weighted by Crippen LogP contribution is 2.49. The van der Waals surface area contributed by atoms with E-state index in [1.807, 2.05) is 0 Å². The quantitative estimate of drug-likeness (QED) is 0.662. The number of amides is 1. The third kappa shape index (κ3) is 4.00. The number of aromatic nitrogens is 2. The fourth-order valence-electron chi connectivity index (χ4n) is 3.36. The van der Waals surface area contributed by atoms with Gasteiger partial charge in [-0.25, -0.2) is 9.97 Å². The minimum atomic E-state index is -5.05. The van der Waals surface area contributed by atoms with Crippen molar-refractivity contribution in [3.05, 3.63) is 51.3 Å². The number of alkyl halides is 6. The van der Waals surface area contributed by atoms with Gasteiger partial charge < -0.3 is 10.6 Å². The number of rotatable bonds is 3. The van der Waals surface area contributed by atoms with Gasteiger partial charge in [-0.1, -0.05) is 23.2 Å². The molecule has 2 aromatic rings. The second-order valence-corrected chi connectivity index (χ2v) is 7.58. The molecule has 30 heavy (non-hydrogen) atoms. The minimum absolute atomic E-state index is 0.0130. The molecule has 1 fully saturated rings. The summed E-state index contributed by atoms with van der Waals surface area (Å²) in [7, 11) is 0. The second kappa shape index (κ2) is 7.45. The number of benzene rings is 1. The summed E-state index contributed by atoms with van der Waals surface area (Å²) in [5, 5.41) is -0.0259. The Bertz CT molecular complexity index is 977. The number of nitrogens with two attached hydrogens (primary N) is 1. The number of hydrogen-bond acceptors (Lipinski definition) is 4. The Morgan fingerprint density at radius 2 is 1.70 bits per heavy atom. The number of halogens is 8. The van der Waals surface area contributed by atoms with Crippen LogP contribution in [-0.4, -0.2) is 35.1 Å². The van der Waals surface area contributed by atoms with E-state index in [1.165, 1.54) is 6.07 Å². The van der Waals surface area contributed by atoms with E-state index in [0.717, 1.165) is 17.0 Å². The summed E-state index contributed by atoms with van der Waals surface area (Å²) in [6.07, 6.45) is -9.76. The molecule has 1 aromatic heterocycles. The Morgan fingerprint density at radius 1 is 1.10 bits per heavy atom. The Balaban J connectivity index is 2.06. The molecule has 0 radical (unpaired) electrons. The van der Waals surface area contributed by atoms with E-state index in [2.05, 4.69) is 9.97 Å². The molecule has 13 heteroatoms. The molecule has 5 nitrogen and oxygen atoms in total. The van der Waals surface area contributed by atoms with E-state index in [4.69, 9.17) is 28.9 Å². The van der Waals surface area contributed by atoms with Crippen LogP contribution in [0.15, 0.2) is 24.4 Å². The van der Waals surface area contributed by atoms with Gasteiger partial charge in [-0.15, -0.1) is 0 Å². The van der Waals surface area contributed by atoms with Crippen molar-refractivity contribution in [2.45, 2.75) is 24.2 Å². The Hall–Kier alpha value is -2.27. The number of anilines is 1. The van der Waals surface area contributed by atoms with Crippen LogP contribution in [0.3, 0.4) is 0 Å². The van der Waals surface area contributed by atoms with Gasteiger partial charge >= 0.3 is 12.4 Å². The molecule has 0 bridgehead atoms. The van der Waals surface area contributed by atoms with Crippen molar-refractivity contribution in [1.29, 1.82) is 0 Å². The van der Waals surface area contributed by atoms with Gasteiger partial charge in [-0.2, -0.15) is 26.3 Å². The summed E-state index contributed by atoms with van der Waals surface area (Å²) in [5.41, 5.74) is -0.355. The van der Waals surface area contributed by atoms with Crippen molar-refractivity contribution in [1.82, 2.24) is 9.97 Å². The standard InChI is InChI=1S/C17H12Cl2F6N4O/c18-9-3-8(4-10(19)5-9)15(17(23,24)25)1-2-29(7-15)14-27-6-11(13(26)30)12(28-14)16(20,21)22/h3-6H,1-2,7H2,(H2,26,30). The first-order valence-electron chi connectivity index (χ1n) is 8.27. The van der Waals surface area contributed by atoms with Crippen LogP contribution in [0.4, 0.5) is 32.3 Å². The van der Waals surface area contributed by atoms with Gasteiger partial charge in [-0.05, 0) is 30.2 Å². The van der Waals surface area contributed by atoms with Crippen LogP contribution in [0, 0.1) is 0 Å². The molecule has 1 amide bonds. The zero-order valence-electron chi connectivity index (χ0n) is 14.8. The van der Waals surface area contributed by atoms with Crippen LogP contribution in [0.5, 0.6) is 0 Å². The third-order valence-electron chi connectivity index (χ3n) is 4.82. The molecule has 1 unspecified atom stereocenters. The van der Waals surface area contributed by atoms with Gasteiger partial charge in [0, 0.05) is 29.3 Å². The van der Waals surface area contributed by atoms with Crippen LogP contribution < -0.4 is 10.6 Å². The van der Waals surface area contributed by atoms with Gasteiger partial charge in [0.2, 0.25) is 5.95 Å². The molecule has 1 aliphatic rings. The van der Waals surface area contributed by atoms with Gasteiger partial charge in [0.15, 0.2) is 5.69 Å². The SMILES string of the molecule is NC(=O)c1cnc(N2CCC(c3cc(Cl)cc(Cl)c3)(C(F)(F)F)C2)nc1C(F)(F)F. The molecule has 162 valence electrons. The number of hydrogen-bond donors (Lipinski definition) is 1. The maximum atomic E-state index is 14.1. The number of primary amides is 1. The molecule has 0 aliphatic carbocycles. The second-order valence-electron chi connectivity index (χ2n) is 6.70. The molecular formula is C17H12Cl2F6N4O. The maximum absolute atomic E-state index is 14.1. The van der Waals surface area contributed by atoms with Gasteiger partial charge in [0.25, 0.3) is 5.91 Å². The Kier molecular flexibility index (Phi) is 5.57. The summed E-state index contributed by atoms with van der Waals surface area (Å²) in [6.45, 7) is -1.06. The van der Waals surface area contributed by atoms with Gasteiger partial charge in [-0.3, -0.25) is 4.79 Å². The van der Waals surface area contributed by atoms with Crippen LogP contribution in [0.25, 0.3) is 0 Å². The average molecular weight is 473 g/mol. The molecule has 0 spiro atoms. The fraction of sp³-hybridized carbons (Fsp3) is 0.353. The number of carbonyl (C=O) groups is 1. The topological polar surface area (TPSA) is 72.1 Å². The van der Waals surface area contributed by atoms with E-state index in [0.29, 0.717) is 6.20 Å². The molecular weight excluding hydrogens is 461 g/mol. The lowest BCUT2D eigenvalue weighted by atomic mass is 9.79. The highest BCUT2D eigenvalue weighted by molar-refractivity contribution is 6.34. The largest absolute Gasteiger partial charge is 0.434 e. The molecule has 0 saturated carbocycles. The summed E-state index contributed by atoms with van der Waals surface area (Å²) >= 11 is 11.7. The van der Waals surface area contributed by atoms with E-state index in [9.17, 15) is 31.1 Å². The first-order valence-corrected chi connectivity index (χ1v) is 9.02. The van der Waals surface area contributed by atoms with Crippen LogP contribution in [0.2, 0.25) is 10.0 Å². The van der Waals surface area contributed by atoms with Crippen LogP contribution in [0.1, 0.15) is 28.0 Å². The first-order chi connectivity index (χ1) is 13.7. The van der Waals surface area contributed by atoms with Crippen LogP contribution >= 0.6 is 23.2 Å². The average Bonchev–Trinajstić information content (AvgIpc) is 3.06. The maximum Gasteiger partial charge on any atom is 0.434 e. The molecule has 3 rings (SSSR count). The van der Waals surface area contributed by atoms with Crippen molar-refractivity contribution in [2.75, 3.05) is 18.0 Å². The Morgan fingerprint density at radius 3 is 2.20 bits per heavy atom. The first kappa shape index (κ1) is 22.4. The van der Waals surface area contributed by atoms with E-state index in [1.54, 1.807) is 0 Å². The van der Waals surface area contributed by atoms with Crippen molar-refractivity contribution >= 4 is 35.1 Å². The fourth-order valence-corrected chi connectivity index (χ4v) is 3.89. The molecule has 1 aromatic carbocycles. The molecule has 1 aliphatic heterocycles. The van der Waals surface area contributed by atoms with Gasteiger partial charge in [0.1, 0.15) is 5.41 Å². The monoisotopic (exact) mass is 472 g/mol. The predicted molar refractivity (Wildman–Crippen MR) is 96.6 cm³/mol. The van der Waals surface area contributed by atoms with Crippen molar-refractivity contribution in [3.8, 4) is 0 Å². The smallest absolute Gasteiger partial charge is 0.365 e. The zero-order chi connectivity index (χ0) is 22.5. The third-order valence-corrected chi connectivity index (χ3v) is 5.26. The Labute approximate surface area is 175 Å². The lowest BCUT2D eigenvalue weighted by Crippen LogP contribution is -2.45. The van der Waals surface area contributed by atoms with Crippen molar-refractivity contribution in [2.24, 2.45) is 5.73 Å². The van der Waals surface area contributed by atoms with E-state index < -0.39 is 53.8 Å². The highest BCUT2D eigenvalue weighted by atomic mass is 35.5. The van der Waals surface area contributed by atoms with E-state index >= 15 is 0 Å². The summed E-state index contributed by atoms with van der Waals surface area (Å²) in [5.74, 6) is -2.01. The normalized spacial score (nSPS) is 19.9. The molecule has 1 saturated heterocycles. The molecule has 2 heterocycles. The number of carbonyl (C=O) groups excluding carboxylic acids is 1. The summed E-state index contributed by atoms with van der Waals surface area (Å²) in [6, 6.07) is 3.50. The van der Waals surface area contributed by atoms with E-state index in [-0.39, 0.29) is 22.2 Å². The molecule has 1 atom stereocenters. The minimum Gasteiger partial charge on any atom is -0.365 e. The zero-order valence-corrected chi connectivity index (χ0v) is 16.3. The van der Waals surface area contributed by atoms with Crippen molar-refractivity contribution in [3.63, 3.8) is 0 Å².